The second-order valence-electron chi connectivity index (χ2n) is 6.52. The molecular formula is C19H22N4O6. The SMILES string of the molecule is CCC1(CC)NC(=O)N(CC(=O)OCc2nc(-c3cccc(OC)c3)no2)C1=O. The van der Waals surface area contributed by atoms with E-state index in [0.717, 1.165) is 4.90 Å². The molecule has 2 heterocycles. The van der Waals surface area contributed by atoms with E-state index in [-0.39, 0.29) is 12.5 Å². The van der Waals surface area contributed by atoms with Gasteiger partial charge in [-0.3, -0.25) is 14.5 Å². The summed E-state index contributed by atoms with van der Waals surface area (Å²) in [6.45, 7) is 2.85. The number of urea groups is 1. The van der Waals surface area contributed by atoms with Crippen LogP contribution in [0.3, 0.4) is 0 Å². The number of rotatable bonds is 8. The van der Waals surface area contributed by atoms with Gasteiger partial charge in [0, 0.05) is 5.56 Å². The van der Waals surface area contributed by atoms with Crippen molar-refractivity contribution in [2.75, 3.05) is 13.7 Å². The zero-order valence-electron chi connectivity index (χ0n) is 16.4. The van der Waals surface area contributed by atoms with E-state index < -0.39 is 30.0 Å². The molecule has 0 spiro atoms. The summed E-state index contributed by atoms with van der Waals surface area (Å²) in [6.07, 6.45) is 0.878. The lowest BCUT2D eigenvalue weighted by Gasteiger charge is -2.22. The van der Waals surface area contributed by atoms with E-state index in [9.17, 15) is 14.4 Å². The van der Waals surface area contributed by atoms with Crippen molar-refractivity contribution in [2.45, 2.75) is 38.8 Å². The van der Waals surface area contributed by atoms with Gasteiger partial charge in [0.05, 0.1) is 7.11 Å². The smallest absolute Gasteiger partial charge is 0.326 e. The van der Waals surface area contributed by atoms with Gasteiger partial charge < -0.3 is 19.3 Å². The van der Waals surface area contributed by atoms with Crippen LogP contribution in [-0.4, -0.2) is 52.1 Å². The van der Waals surface area contributed by atoms with Crippen molar-refractivity contribution in [3.63, 3.8) is 0 Å². The molecule has 3 rings (SSSR count). The van der Waals surface area contributed by atoms with Crippen LogP contribution < -0.4 is 10.1 Å². The highest BCUT2D eigenvalue weighted by molar-refractivity contribution is 6.08. The van der Waals surface area contributed by atoms with Crippen LogP contribution in [0.5, 0.6) is 5.75 Å². The second-order valence-corrected chi connectivity index (χ2v) is 6.52. The lowest BCUT2D eigenvalue weighted by molar-refractivity contribution is -0.149. The van der Waals surface area contributed by atoms with E-state index in [2.05, 4.69) is 15.5 Å². The number of esters is 1. The number of hydrogen-bond acceptors (Lipinski definition) is 8. The molecule has 0 aliphatic carbocycles. The fourth-order valence-electron chi connectivity index (χ4n) is 3.06. The summed E-state index contributed by atoms with van der Waals surface area (Å²) >= 11 is 0. The molecule has 3 amide bonds. The first-order valence-electron chi connectivity index (χ1n) is 9.19. The number of ether oxygens (including phenoxy) is 2. The van der Waals surface area contributed by atoms with E-state index in [1.54, 1.807) is 45.2 Å². The third-order valence-electron chi connectivity index (χ3n) is 4.89. The zero-order valence-corrected chi connectivity index (χ0v) is 16.4. The monoisotopic (exact) mass is 402 g/mol. The maximum absolute atomic E-state index is 12.5. The molecule has 2 aromatic rings. The van der Waals surface area contributed by atoms with Crippen LogP contribution in [-0.2, 0) is 20.9 Å². The minimum absolute atomic E-state index is 0.0878. The fourth-order valence-corrected chi connectivity index (χ4v) is 3.06. The fraction of sp³-hybridized carbons (Fsp3) is 0.421. The molecule has 10 heteroatoms. The van der Waals surface area contributed by atoms with Gasteiger partial charge in [-0.15, -0.1) is 0 Å². The maximum Gasteiger partial charge on any atom is 0.326 e. The predicted molar refractivity (Wildman–Crippen MR) is 99.6 cm³/mol. The molecule has 0 radical (unpaired) electrons. The average Bonchev–Trinajstić information content (AvgIpc) is 3.31. The van der Waals surface area contributed by atoms with Gasteiger partial charge in [-0.1, -0.05) is 31.1 Å². The van der Waals surface area contributed by atoms with Crippen molar-refractivity contribution in [1.29, 1.82) is 0 Å². The molecule has 1 aromatic carbocycles. The third kappa shape index (κ3) is 4.05. The van der Waals surface area contributed by atoms with E-state index in [0.29, 0.717) is 30.0 Å². The van der Waals surface area contributed by atoms with E-state index in [4.69, 9.17) is 14.0 Å². The Balaban J connectivity index is 1.58. The van der Waals surface area contributed by atoms with Gasteiger partial charge >= 0.3 is 12.0 Å². The van der Waals surface area contributed by atoms with Crippen LogP contribution in [0.25, 0.3) is 11.4 Å². The highest BCUT2D eigenvalue weighted by atomic mass is 16.6. The predicted octanol–water partition coefficient (Wildman–Crippen LogP) is 1.90. The molecule has 1 aliphatic heterocycles. The third-order valence-corrected chi connectivity index (χ3v) is 4.89. The minimum atomic E-state index is -0.963. The number of aromatic nitrogens is 2. The Labute approximate surface area is 167 Å². The van der Waals surface area contributed by atoms with Gasteiger partial charge in [0.2, 0.25) is 5.82 Å². The van der Waals surface area contributed by atoms with Crippen LogP contribution in [0.2, 0.25) is 0 Å². The quantitative estimate of drug-likeness (QED) is 0.524. The van der Waals surface area contributed by atoms with Gasteiger partial charge in [-0.05, 0) is 25.0 Å². The summed E-state index contributed by atoms with van der Waals surface area (Å²) in [4.78, 5) is 41.7. The number of nitrogens with zero attached hydrogens (tertiary/aromatic N) is 3. The number of amides is 3. The van der Waals surface area contributed by atoms with Gasteiger partial charge in [-0.25, -0.2) is 4.79 Å². The Bertz CT molecular complexity index is 921. The topological polar surface area (TPSA) is 124 Å². The van der Waals surface area contributed by atoms with Crippen molar-refractivity contribution in [2.24, 2.45) is 0 Å². The Hall–Kier alpha value is -3.43. The molecule has 1 N–H and O–H groups in total. The van der Waals surface area contributed by atoms with E-state index in [1.807, 2.05) is 0 Å². The number of hydrogen-bond donors (Lipinski definition) is 1. The molecule has 0 saturated carbocycles. The van der Waals surface area contributed by atoms with Crippen molar-refractivity contribution in [3.05, 3.63) is 30.2 Å². The molecule has 0 bridgehead atoms. The van der Waals surface area contributed by atoms with Crippen LogP contribution in [0.1, 0.15) is 32.6 Å². The molecule has 154 valence electrons. The van der Waals surface area contributed by atoms with Crippen LogP contribution in [0, 0.1) is 0 Å². The molecule has 29 heavy (non-hydrogen) atoms. The van der Waals surface area contributed by atoms with Crippen molar-refractivity contribution in [3.8, 4) is 17.1 Å². The van der Waals surface area contributed by atoms with Crippen LogP contribution in [0.4, 0.5) is 4.79 Å². The molecule has 1 aromatic heterocycles. The number of benzene rings is 1. The summed E-state index contributed by atoms with van der Waals surface area (Å²) in [7, 11) is 1.55. The number of carbonyl (C=O) groups excluding carboxylic acids is 3. The van der Waals surface area contributed by atoms with Crippen LogP contribution >= 0.6 is 0 Å². The molecule has 0 atom stereocenters. The van der Waals surface area contributed by atoms with Gasteiger partial charge in [0.1, 0.15) is 17.8 Å². The lowest BCUT2D eigenvalue weighted by Crippen LogP contribution is -2.46. The van der Waals surface area contributed by atoms with E-state index >= 15 is 0 Å². The number of nitrogens with one attached hydrogen (secondary N) is 1. The summed E-state index contributed by atoms with van der Waals surface area (Å²) in [5.74, 6) is -0.131. The summed E-state index contributed by atoms with van der Waals surface area (Å²) in [5, 5.41) is 6.50. The van der Waals surface area contributed by atoms with Gasteiger partial charge in [0.15, 0.2) is 6.61 Å². The summed E-state index contributed by atoms with van der Waals surface area (Å²) in [6, 6.07) is 6.50. The lowest BCUT2D eigenvalue weighted by atomic mass is 9.93. The normalized spacial score (nSPS) is 15.3. The molecule has 1 fully saturated rings. The minimum Gasteiger partial charge on any atom is -0.497 e. The van der Waals surface area contributed by atoms with Crippen molar-refractivity contribution < 1.29 is 28.4 Å². The number of carbonyl (C=O) groups is 3. The van der Waals surface area contributed by atoms with Crippen LogP contribution in [0.15, 0.2) is 28.8 Å². The molecule has 0 unspecified atom stereocenters. The Morgan fingerprint density at radius 3 is 2.69 bits per heavy atom. The molecule has 1 aliphatic rings. The standard InChI is InChI=1S/C19H22N4O6/c1-4-19(5-2)17(25)23(18(26)21-19)10-15(24)28-11-14-20-16(22-29-14)12-7-6-8-13(9-12)27-3/h6-9H,4-5,10-11H2,1-3H3,(H,21,26). The Morgan fingerprint density at radius 2 is 2.03 bits per heavy atom. The maximum atomic E-state index is 12.5. The zero-order chi connectivity index (χ0) is 21.0. The Morgan fingerprint density at radius 1 is 1.28 bits per heavy atom. The van der Waals surface area contributed by atoms with E-state index in [1.165, 1.54) is 0 Å². The average molecular weight is 402 g/mol. The number of imide groups is 1. The molecule has 10 nitrogen and oxygen atoms in total. The first-order valence-corrected chi connectivity index (χ1v) is 9.19. The molecule has 1 saturated heterocycles. The first kappa shape index (κ1) is 20.3. The Kier molecular flexibility index (Phi) is 5.81. The first-order chi connectivity index (χ1) is 13.9. The second kappa shape index (κ2) is 8.29. The van der Waals surface area contributed by atoms with Gasteiger partial charge in [0.25, 0.3) is 11.8 Å². The molecular weight excluding hydrogens is 380 g/mol. The largest absolute Gasteiger partial charge is 0.497 e. The van der Waals surface area contributed by atoms with Crippen molar-refractivity contribution >= 4 is 17.9 Å². The number of methoxy groups -OCH3 is 1. The highest BCUT2D eigenvalue weighted by Gasteiger charge is 2.49. The van der Waals surface area contributed by atoms with Gasteiger partial charge in [-0.2, -0.15) is 4.98 Å². The summed E-state index contributed by atoms with van der Waals surface area (Å²) < 4.78 is 15.3. The van der Waals surface area contributed by atoms with Crippen molar-refractivity contribution in [1.82, 2.24) is 20.4 Å². The highest BCUT2D eigenvalue weighted by Crippen LogP contribution is 2.25. The summed E-state index contributed by atoms with van der Waals surface area (Å²) in [5.41, 5.74) is -0.282.